The number of hydrogen-bond acceptors (Lipinski definition) is 3. The third-order valence-corrected chi connectivity index (χ3v) is 7.09. The van der Waals surface area contributed by atoms with E-state index in [0.29, 0.717) is 4.90 Å². The average Bonchev–Trinajstić information content (AvgIpc) is 3.24. The zero-order valence-electron chi connectivity index (χ0n) is 12.1. The van der Waals surface area contributed by atoms with Crippen molar-refractivity contribution in [3.05, 3.63) is 64.1 Å². The van der Waals surface area contributed by atoms with Crippen LogP contribution >= 0.6 is 15.9 Å². The molecule has 0 amide bonds. The van der Waals surface area contributed by atoms with E-state index in [9.17, 15) is 13.5 Å². The molecule has 0 heterocycles. The highest BCUT2D eigenvalue weighted by atomic mass is 79.9. The quantitative estimate of drug-likeness (QED) is 0.884. The van der Waals surface area contributed by atoms with E-state index in [1.165, 1.54) is 0 Å². The second-order valence-electron chi connectivity index (χ2n) is 5.75. The van der Waals surface area contributed by atoms with Gasteiger partial charge in [0.05, 0.1) is 10.1 Å². The van der Waals surface area contributed by atoms with E-state index in [1.54, 1.807) is 24.3 Å². The summed E-state index contributed by atoms with van der Waals surface area (Å²) in [7, 11) is -3.42. The van der Waals surface area contributed by atoms with Crippen LogP contribution in [-0.2, 0) is 9.84 Å². The molecule has 116 valence electrons. The second kappa shape index (κ2) is 5.80. The SMILES string of the molecule is Cc1ccc(S(=O)(=O)[C@@H]2[C@H](CO)[C@H]2c2ccc(Br)cc2)cc1. The first-order valence-electron chi connectivity index (χ1n) is 7.12. The third-order valence-electron chi connectivity index (χ3n) is 4.27. The number of aliphatic hydroxyl groups is 1. The Labute approximate surface area is 139 Å². The first kappa shape index (κ1) is 15.7. The Morgan fingerprint density at radius 1 is 1.05 bits per heavy atom. The predicted molar refractivity (Wildman–Crippen MR) is 89.6 cm³/mol. The van der Waals surface area contributed by atoms with Crippen LogP contribution in [0, 0.1) is 12.8 Å². The lowest BCUT2D eigenvalue weighted by Gasteiger charge is -2.05. The Kier molecular flexibility index (Phi) is 4.14. The summed E-state index contributed by atoms with van der Waals surface area (Å²) in [6, 6.07) is 14.5. The summed E-state index contributed by atoms with van der Waals surface area (Å²) in [5, 5.41) is 9.00. The topological polar surface area (TPSA) is 54.4 Å². The average molecular weight is 381 g/mol. The van der Waals surface area contributed by atoms with Gasteiger partial charge >= 0.3 is 0 Å². The number of benzene rings is 2. The van der Waals surface area contributed by atoms with Gasteiger partial charge in [-0.1, -0.05) is 45.8 Å². The lowest BCUT2D eigenvalue weighted by atomic mass is 10.1. The number of halogens is 1. The van der Waals surface area contributed by atoms with Gasteiger partial charge in [0, 0.05) is 22.9 Å². The lowest BCUT2D eigenvalue weighted by molar-refractivity contribution is 0.274. The van der Waals surface area contributed by atoms with Gasteiger partial charge in [-0.05, 0) is 36.8 Å². The van der Waals surface area contributed by atoms with Crippen molar-refractivity contribution in [2.45, 2.75) is 23.0 Å². The van der Waals surface area contributed by atoms with Crippen LogP contribution in [0.2, 0.25) is 0 Å². The molecular weight excluding hydrogens is 364 g/mol. The molecule has 3 nitrogen and oxygen atoms in total. The maximum atomic E-state index is 12.8. The van der Waals surface area contributed by atoms with E-state index in [2.05, 4.69) is 15.9 Å². The van der Waals surface area contributed by atoms with Gasteiger partial charge in [0.25, 0.3) is 0 Å². The Morgan fingerprint density at radius 3 is 2.18 bits per heavy atom. The molecular formula is C17H17BrO3S. The summed E-state index contributed by atoms with van der Waals surface area (Å²) in [6.45, 7) is 1.81. The maximum Gasteiger partial charge on any atom is 0.182 e. The molecule has 0 saturated heterocycles. The predicted octanol–water partition coefficient (Wildman–Crippen LogP) is 3.31. The van der Waals surface area contributed by atoms with E-state index in [-0.39, 0.29) is 18.4 Å². The maximum absolute atomic E-state index is 12.8. The number of hydrogen-bond donors (Lipinski definition) is 1. The number of sulfone groups is 1. The van der Waals surface area contributed by atoms with E-state index in [1.807, 2.05) is 31.2 Å². The van der Waals surface area contributed by atoms with Gasteiger partial charge in [0.15, 0.2) is 9.84 Å². The van der Waals surface area contributed by atoms with Gasteiger partial charge in [-0.3, -0.25) is 0 Å². The summed E-state index contributed by atoms with van der Waals surface area (Å²) < 4.78 is 26.6. The summed E-state index contributed by atoms with van der Waals surface area (Å²) in [6.07, 6.45) is 0. The lowest BCUT2D eigenvalue weighted by Crippen LogP contribution is -2.11. The molecule has 3 rings (SSSR count). The van der Waals surface area contributed by atoms with Crippen LogP contribution in [0.1, 0.15) is 17.0 Å². The van der Waals surface area contributed by atoms with Crippen molar-refractivity contribution in [3.63, 3.8) is 0 Å². The van der Waals surface area contributed by atoms with Gasteiger partial charge in [0.1, 0.15) is 0 Å². The molecule has 1 aliphatic carbocycles. The van der Waals surface area contributed by atoms with Crippen LogP contribution in [0.4, 0.5) is 0 Å². The molecule has 0 aliphatic heterocycles. The first-order chi connectivity index (χ1) is 10.4. The van der Waals surface area contributed by atoms with Crippen LogP contribution in [0.3, 0.4) is 0 Å². The summed E-state index contributed by atoms with van der Waals surface area (Å²) in [5.41, 5.74) is 1.99. The summed E-state index contributed by atoms with van der Waals surface area (Å²) in [4.78, 5) is 0.334. The normalized spacial score (nSPS) is 24.2. The van der Waals surface area contributed by atoms with E-state index in [4.69, 9.17) is 0 Å². The van der Waals surface area contributed by atoms with Crippen LogP contribution in [0.15, 0.2) is 57.9 Å². The fraction of sp³-hybridized carbons (Fsp3) is 0.294. The van der Waals surface area contributed by atoms with Gasteiger partial charge in [0.2, 0.25) is 0 Å². The molecule has 1 N–H and O–H groups in total. The Bertz CT molecular complexity index is 767. The molecule has 0 spiro atoms. The third kappa shape index (κ3) is 2.73. The summed E-state index contributed by atoms with van der Waals surface area (Å²) >= 11 is 3.38. The van der Waals surface area contributed by atoms with E-state index < -0.39 is 15.1 Å². The molecule has 0 bridgehead atoms. The molecule has 1 fully saturated rings. The standard InChI is InChI=1S/C17H17BrO3S/c1-11-2-8-14(9-3-11)22(20,21)17-15(10-19)16(17)12-4-6-13(18)7-5-12/h2-9,15-17,19H,10H2,1H3/t15-,16-,17-/m1/s1. The molecule has 1 saturated carbocycles. The molecule has 2 aromatic carbocycles. The van der Waals surface area contributed by atoms with Gasteiger partial charge < -0.3 is 5.11 Å². The Balaban J connectivity index is 1.93. The van der Waals surface area contributed by atoms with Gasteiger partial charge in [-0.2, -0.15) is 0 Å². The molecule has 1 aliphatic rings. The van der Waals surface area contributed by atoms with Gasteiger partial charge in [-0.15, -0.1) is 0 Å². The van der Waals surface area contributed by atoms with Crippen LogP contribution < -0.4 is 0 Å². The fourth-order valence-corrected chi connectivity index (χ4v) is 5.45. The smallest absolute Gasteiger partial charge is 0.182 e. The summed E-state index contributed by atoms with van der Waals surface area (Å²) in [5.74, 6) is -0.364. The molecule has 5 heteroatoms. The second-order valence-corrected chi connectivity index (χ2v) is 8.77. The molecule has 0 unspecified atom stereocenters. The van der Waals surface area contributed by atoms with E-state index >= 15 is 0 Å². The van der Waals surface area contributed by atoms with Crippen LogP contribution in [-0.4, -0.2) is 25.4 Å². The van der Waals surface area contributed by atoms with Crippen molar-refractivity contribution >= 4 is 25.8 Å². The number of rotatable bonds is 4. The van der Waals surface area contributed by atoms with E-state index in [0.717, 1.165) is 15.6 Å². The van der Waals surface area contributed by atoms with Crippen molar-refractivity contribution < 1.29 is 13.5 Å². The molecule has 0 radical (unpaired) electrons. The minimum absolute atomic E-state index is 0.115. The highest BCUT2D eigenvalue weighted by Gasteiger charge is 2.58. The minimum atomic E-state index is -3.42. The molecule has 0 aromatic heterocycles. The van der Waals surface area contributed by atoms with Gasteiger partial charge in [-0.25, -0.2) is 8.42 Å². The Hall–Kier alpha value is -1.17. The highest BCUT2D eigenvalue weighted by Crippen LogP contribution is 2.53. The zero-order chi connectivity index (χ0) is 15.9. The highest BCUT2D eigenvalue weighted by molar-refractivity contribution is 9.10. The van der Waals surface area contributed by atoms with Crippen molar-refractivity contribution in [1.29, 1.82) is 0 Å². The number of aryl methyl sites for hydroxylation is 1. The minimum Gasteiger partial charge on any atom is -0.396 e. The molecule has 22 heavy (non-hydrogen) atoms. The number of aliphatic hydroxyl groups excluding tert-OH is 1. The molecule has 3 atom stereocenters. The monoisotopic (exact) mass is 380 g/mol. The van der Waals surface area contributed by atoms with Crippen molar-refractivity contribution in [2.24, 2.45) is 5.92 Å². The fourth-order valence-electron chi connectivity index (χ4n) is 2.99. The Morgan fingerprint density at radius 2 is 1.64 bits per heavy atom. The van der Waals surface area contributed by atoms with Crippen molar-refractivity contribution in [3.8, 4) is 0 Å². The largest absolute Gasteiger partial charge is 0.396 e. The van der Waals surface area contributed by atoms with Crippen molar-refractivity contribution in [1.82, 2.24) is 0 Å². The van der Waals surface area contributed by atoms with Crippen LogP contribution in [0.5, 0.6) is 0 Å². The molecule has 2 aromatic rings. The van der Waals surface area contributed by atoms with Crippen LogP contribution in [0.25, 0.3) is 0 Å². The zero-order valence-corrected chi connectivity index (χ0v) is 14.5. The first-order valence-corrected chi connectivity index (χ1v) is 9.46. The van der Waals surface area contributed by atoms with Crippen molar-refractivity contribution in [2.75, 3.05) is 6.61 Å².